The van der Waals surface area contributed by atoms with Gasteiger partial charge < -0.3 is 9.88 Å². The van der Waals surface area contributed by atoms with E-state index in [0.717, 1.165) is 43.6 Å². The number of nitrogens with one attached hydrogen (secondary N) is 1. The van der Waals surface area contributed by atoms with E-state index in [-0.39, 0.29) is 5.41 Å². The molecule has 102 valence electrons. The zero-order valence-corrected chi connectivity index (χ0v) is 11.3. The molecule has 2 aliphatic rings. The normalized spacial score (nSPS) is 20.3. The first-order valence-corrected chi connectivity index (χ1v) is 7.15. The lowest BCUT2D eigenvalue weighted by Gasteiger charge is -2.31. The number of fused-ring (bicyclic) bond motifs is 1. The van der Waals surface area contributed by atoms with E-state index < -0.39 is 0 Å². The Labute approximate surface area is 117 Å². The molecule has 0 amide bonds. The molecule has 4 nitrogen and oxygen atoms in total. The van der Waals surface area contributed by atoms with Crippen molar-refractivity contribution in [1.29, 1.82) is 0 Å². The molecule has 1 aromatic heterocycles. The van der Waals surface area contributed by atoms with Crippen molar-refractivity contribution in [2.75, 3.05) is 13.1 Å². The predicted molar refractivity (Wildman–Crippen MR) is 76.1 cm³/mol. The molecule has 1 spiro atoms. The first-order valence-electron chi connectivity index (χ1n) is 7.15. The molecule has 0 unspecified atom stereocenters. The number of imidazole rings is 1. The van der Waals surface area contributed by atoms with Gasteiger partial charge in [-0.15, -0.1) is 0 Å². The Morgan fingerprint density at radius 3 is 2.85 bits per heavy atom. The van der Waals surface area contributed by atoms with Gasteiger partial charge in [0.15, 0.2) is 5.78 Å². The van der Waals surface area contributed by atoms with Crippen LogP contribution in [0.15, 0.2) is 36.9 Å². The molecule has 1 aliphatic heterocycles. The molecule has 20 heavy (non-hydrogen) atoms. The number of rotatable bonds is 1. The van der Waals surface area contributed by atoms with Crippen molar-refractivity contribution < 1.29 is 4.79 Å². The highest BCUT2D eigenvalue weighted by atomic mass is 16.1. The van der Waals surface area contributed by atoms with Crippen LogP contribution in [-0.2, 0) is 6.42 Å². The molecule has 0 bridgehead atoms. The van der Waals surface area contributed by atoms with E-state index in [1.165, 1.54) is 5.56 Å². The molecule has 1 N–H and O–H groups in total. The minimum absolute atomic E-state index is 0.138. The smallest absolute Gasteiger partial charge is 0.169 e. The minimum atomic E-state index is -0.138. The molecule has 1 fully saturated rings. The molecule has 0 saturated carbocycles. The summed E-state index contributed by atoms with van der Waals surface area (Å²) in [5.74, 6) is 0.343. The van der Waals surface area contributed by atoms with Gasteiger partial charge in [-0.3, -0.25) is 4.79 Å². The molecule has 4 rings (SSSR count). The van der Waals surface area contributed by atoms with Crippen LogP contribution in [0.1, 0.15) is 28.8 Å². The molecule has 4 heteroatoms. The number of nitrogens with zero attached hydrogens (tertiary/aromatic N) is 2. The number of hydrogen-bond acceptors (Lipinski definition) is 3. The molecule has 0 atom stereocenters. The fourth-order valence-corrected chi connectivity index (χ4v) is 3.54. The third kappa shape index (κ3) is 1.64. The standard InChI is InChI=1S/C16H17N3O/c20-15-14-9-13(19-8-7-18-11-19)2-1-12(14)10-16(15)3-5-17-6-4-16/h1-2,7-9,11,17H,3-6,10H2. The van der Waals surface area contributed by atoms with Gasteiger partial charge in [-0.25, -0.2) is 4.98 Å². The van der Waals surface area contributed by atoms with Gasteiger partial charge >= 0.3 is 0 Å². The maximum Gasteiger partial charge on any atom is 0.169 e. The van der Waals surface area contributed by atoms with Crippen LogP contribution in [0, 0.1) is 5.41 Å². The van der Waals surface area contributed by atoms with Crippen LogP contribution in [0.2, 0.25) is 0 Å². The van der Waals surface area contributed by atoms with Crippen molar-refractivity contribution in [1.82, 2.24) is 14.9 Å². The van der Waals surface area contributed by atoms with Crippen LogP contribution in [0.3, 0.4) is 0 Å². The van der Waals surface area contributed by atoms with E-state index in [1.54, 1.807) is 12.5 Å². The second kappa shape index (κ2) is 4.28. The summed E-state index contributed by atoms with van der Waals surface area (Å²) in [5, 5.41) is 3.35. The second-order valence-corrected chi connectivity index (χ2v) is 5.85. The second-order valence-electron chi connectivity index (χ2n) is 5.85. The van der Waals surface area contributed by atoms with Crippen LogP contribution in [0.25, 0.3) is 5.69 Å². The third-order valence-electron chi connectivity index (χ3n) is 4.71. The van der Waals surface area contributed by atoms with Crippen LogP contribution in [0.5, 0.6) is 0 Å². The van der Waals surface area contributed by atoms with Gasteiger partial charge in [0.1, 0.15) is 0 Å². The Balaban J connectivity index is 1.75. The van der Waals surface area contributed by atoms with Gasteiger partial charge in [-0.1, -0.05) is 6.07 Å². The number of carbonyl (C=O) groups excluding carboxylic acids is 1. The fourth-order valence-electron chi connectivity index (χ4n) is 3.54. The lowest BCUT2D eigenvalue weighted by molar-refractivity contribution is 0.0762. The topological polar surface area (TPSA) is 46.9 Å². The van der Waals surface area contributed by atoms with Crippen LogP contribution in [0.4, 0.5) is 0 Å². The van der Waals surface area contributed by atoms with Crippen molar-refractivity contribution in [3.8, 4) is 5.69 Å². The number of ketones is 1. The Bertz CT molecular complexity index is 654. The fraction of sp³-hybridized carbons (Fsp3) is 0.375. The first-order chi connectivity index (χ1) is 9.78. The Morgan fingerprint density at radius 2 is 2.10 bits per heavy atom. The van der Waals surface area contributed by atoms with Crippen molar-refractivity contribution in [2.24, 2.45) is 5.41 Å². The lowest BCUT2D eigenvalue weighted by atomic mass is 9.75. The quantitative estimate of drug-likeness (QED) is 0.859. The number of aromatic nitrogens is 2. The molecule has 1 aliphatic carbocycles. The van der Waals surface area contributed by atoms with Gasteiger partial charge in [-0.2, -0.15) is 0 Å². The predicted octanol–water partition coefficient (Wildman–Crippen LogP) is 1.98. The van der Waals surface area contributed by atoms with Crippen molar-refractivity contribution in [3.05, 3.63) is 48.0 Å². The van der Waals surface area contributed by atoms with Gasteiger partial charge in [0, 0.05) is 29.1 Å². The molecule has 2 heterocycles. The Morgan fingerprint density at radius 1 is 1.25 bits per heavy atom. The average molecular weight is 267 g/mol. The molecule has 1 aromatic carbocycles. The van der Waals surface area contributed by atoms with E-state index in [9.17, 15) is 4.79 Å². The summed E-state index contributed by atoms with van der Waals surface area (Å²) < 4.78 is 1.95. The summed E-state index contributed by atoms with van der Waals surface area (Å²) in [6.45, 7) is 1.90. The zero-order valence-electron chi connectivity index (χ0n) is 11.3. The maximum atomic E-state index is 12.8. The molecular formula is C16H17N3O. The van der Waals surface area contributed by atoms with Crippen molar-refractivity contribution in [2.45, 2.75) is 19.3 Å². The highest BCUT2D eigenvalue weighted by molar-refractivity contribution is 6.05. The van der Waals surface area contributed by atoms with E-state index in [2.05, 4.69) is 22.4 Å². The number of carbonyl (C=O) groups is 1. The van der Waals surface area contributed by atoms with Crippen LogP contribution in [-0.4, -0.2) is 28.4 Å². The van der Waals surface area contributed by atoms with Crippen LogP contribution >= 0.6 is 0 Å². The number of Topliss-reactive ketones (excluding diaryl/α,β-unsaturated/α-hetero) is 1. The van der Waals surface area contributed by atoms with Crippen molar-refractivity contribution in [3.63, 3.8) is 0 Å². The summed E-state index contributed by atoms with van der Waals surface area (Å²) in [6.07, 6.45) is 8.25. The molecule has 1 saturated heterocycles. The molecule has 2 aromatic rings. The highest BCUT2D eigenvalue weighted by Crippen LogP contribution is 2.43. The van der Waals surface area contributed by atoms with Gasteiger partial charge in [0.25, 0.3) is 0 Å². The monoisotopic (exact) mass is 267 g/mol. The number of hydrogen-bond donors (Lipinski definition) is 1. The minimum Gasteiger partial charge on any atom is -0.317 e. The first kappa shape index (κ1) is 11.9. The SMILES string of the molecule is O=C1c2cc(-n3ccnc3)ccc2CC12CCNCC2. The highest BCUT2D eigenvalue weighted by Gasteiger charge is 2.45. The zero-order chi connectivity index (χ0) is 13.6. The van der Waals surface area contributed by atoms with E-state index in [1.807, 2.05) is 16.8 Å². The van der Waals surface area contributed by atoms with E-state index >= 15 is 0 Å². The summed E-state index contributed by atoms with van der Waals surface area (Å²) in [6, 6.07) is 6.21. The van der Waals surface area contributed by atoms with Gasteiger partial charge in [0.05, 0.1) is 6.33 Å². The molecular weight excluding hydrogens is 250 g/mol. The summed E-state index contributed by atoms with van der Waals surface area (Å²) in [7, 11) is 0. The van der Waals surface area contributed by atoms with Crippen LogP contribution < -0.4 is 5.32 Å². The largest absolute Gasteiger partial charge is 0.317 e. The van der Waals surface area contributed by atoms with Gasteiger partial charge in [0.2, 0.25) is 0 Å². The van der Waals surface area contributed by atoms with E-state index in [0.29, 0.717) is 5.78 Å². The summed E-state index contributed by atoms with van der Waals surface area (Å²) >= 11 is 0. The summed E-state index contributed by atoms with van der Waals surface area (Å²) in [5.41, 5.74) is 3.00. The number of benzene rings is 1. The Kier molecular flexibility index (Phi) is 2.54. The maximum absolute atomic E-state index is 12.8. The van der Waals surface area contributed by atoms with Crippen molar-refractivity contribution >= 4 is 5.78 Å². The summed E-state index contributed by atoms with van der Waals surface area (Å²) in [4.78, 5) is 16.9. The van der Waals surface area contributed by atoms with E-state index in [4.69, 9.17) is 0 Å². The van der Waals surface area contributed by atoms with Gasteiger partial charge in [-0.05, 0) is 50.0 Å². The Hall–Kier alpha value is -1.94. The number of piperidine rings is 1. The average Bonchev–Trinajstić information content (AvgIpc) is 3.09. The lowest BCUT2D eigenvalue weighted by Crippen LogP contribution is -2.40. The molecule has 0 radical (unpaired) electrons. The third-order valence-corrected chi connectivity index (χ3v) is 4.71.